The quantitative estimate of drug-likeness (QED) is 0.838. The zero-order valence-electron chi connectivity index (χ0n) is 12.0. The van der Waals surface area contributed by atoms with Crippen molar-refractivity contribution in [2.45, 2.75) is 50.2 Å². The Labute approximate surface area is 123 Å². The van der Waals surface area contributed by atoms with Gasteiger partial charge in [-0.15, -0.1) is 0 Å². The Balaban J connectivity index is 2.23. The summed E-state index contributed by atoms with van der Waals surface area (Å²) in [4.78, 5) is 0.0196. The highest BCUT2D eigenvalue weighted by atomic mass is 32.2. The number of rotatable bonds is 5. The monoisotopic (exact) mass is 319 g/mol. The molecule has 0 N–H and O–H groups in total. The van der Waals surface area contributed by atoms with Gasteiger partial charge in [-0.3, -0.25) is 0 Å². The lowest BCUT2D eigenvalue weighted by Gasteiger charge is -2.23. The van der Waals surface area contributed by atoms with Crippen LogP contribution in [-0.2, 0) is 10.0 Å². The smallest absolute Gasteiger partial charge is 0.255 e. The summed E-state index contributed by atoms with van der Waals surface area (Å²) in [5.74, 6) is 0.552. The molecule has 0 amide bonds. The molecule has 7 heteroatoms. The van der Waals surface area contributed by atoms with Crippen molar-refractivity contribution in [2.24, 2.45) is 0 Å². The van der Waals surface area contributed by atoms with E-state index in [1.165, 1.54) is 12.1 Å². The fourth-order valence-corrected chi connectivity index (χ4v) is 4.09. The first-order chi connectivity index (χ1) is 9.82. The third-order valence-electron chi connectivity index (χ3n) is 3.34. The molecule has 118 valence electrons. The van der Waals surface area contributed by atoms with Crippen molar-refractivity contribution in [3.8, 4) is 5.75 Å². The normalized spacial score (nSPS) is 20.4. The Morgan fingerprint density at radius 3 is 2.38 bits per heavy atom. The van der Waals surface area contributed by atoms with Crippen LogP contribution in [-0.4, -0.2) is 37.8 Å². The Morgan fingerprint density at radius 1 is 1.24 bits per heavy atom. The van der Waals surface area contributed by atoms with Gasteiger partial charge in [0.2, 0.25) is 10.0 Å². The molecule has 0 spiro atoms. The molecule has 1 aromatic carbocycles. The number of benzene rings is 1. The molecule has 1 heterocycles. The highest BCUT2D eigenvalue weighted by Crippen LogP contribution is 2.30. The van der Waals surface area contributed by atoms with E-state index in [1.54, 1.807) is 12.1 Å². The maximum atomic E-state index is 12.9. The average Bonchev–Trinajstić information content (AvgIpc) is 2.88. The van der Waals surface area contributed by atoms with Gasteiger partial charge in [-0.2, -0.15) is 4.31 Å². The average molecular weight is 319 g/mol. The van der Waals surface area contributed by atoms with E-state index in [2.05, 4.69) is 0 Å². The Kier molecular flexibility index (Phi) is 4.83. The van der Waals surface area contributed by atoms with Crippen molar-refractivity contribution in [1.29, 1.82) is 0 Å². The molecule has 1 aliphatic rings. The summed E-state index contributed by atoms with van der Waals surface area (Å²) in [7, 11) is -3.88. The Bertz CT molecular complexity index is 572. The van der Waals surface area contributed by atoms with Gasteiger partial charge >= 0.3 is 0 Å². The lowest BCUT2D eigenvalue weighted by Crippen LogP contribution is -2.39. The minimum absolute atomic E-state index is 0.0192. The van der Waals surface area contributed by atoms with Crippen molar-refractivity contribution in [1.82, 2.24) is 4.31 Å². The Hall–Kier alpha value is -1.21. The summed E-state index contributed by atoms with van der Waals surface area (Å²) in [6.45, 7) is 3.87. The maximum absolute atomic E-state index is 12.9. The highest BCUT2D eigenvalue weighted by Gasteiger charge is 2.40. The van der Waals surface area contributed by atoms with Gasteiger partial charge < -0.3 is 4.74 Å². The highest BCUT2D eigenvalue weighted by molar-refractivity contribution is 7.89. The van der Waals surface area contributed by atoms with E-state index < -0.39 is 22.5 Å². The first-order valence-corrected chi connectivity index (χ1v) is 8.33. The summed E-state index contributed by atoms with van der Waals surface area (Å²) in [5.41, 5.74) is 0. The molecule has 1 saturated heterocycles. The van der Waals surface area contributed by atoms with E-state index in [4.69, 9.17) is 4.74 Å². The number of hydrogen-bond donors (Lipinski definition) is 0. The fourth-order valence-electron chi connectivity index (χ4n) is 2.41. The fraction of sp³-hybridized carbons (Fsp3) is 0.571. The summed E-state index contributed by atoms with van der Waals surface area (Å²) < 4.78 is 57.1. The largest absolute Gasteiger partial charge is 0.491 e. The van der Waals surface area contributed by atoms with Crippen molar-refractivity contribution < 1.29 is 21.9 Å². The van der Waals surface area contributed by atoms with E-state index in [1.807, 2.05) is 13.8 Å². The van der Waals surface area contributed by atoms with Crippen LogP contribution in [0.1, 0.15) is 26.7 Å². The SMILES string of the molecule is CC(C)Oc1ccc(S(=O)(=O)N2CCCC2C(F)F)cc1. The lowest BCUT2D eigenvalue weighted by atomic mass is 10.2. The molecule has 1 atom stereocenters. The van der Waals surface area contributed by atoms with E-state index in [0.29, 0.717) is 12.2 Å². The number of nitrogens with zero attached hydrogens (tertiary/aromatic N) is 1. The van der Waals surface area contributed by atoms with Crippen molar-refractivity contribution in [3.05, 3.63) is 24.3 Å². The zero-order chi connectivity index (χ0) is 15.6. The molecular weight excluding hydrogens is 300 g/mol. The van der Waals surface area contributed by atoms with Crippen molar-refractivity contribution >= 4 is 10.0 Å². The molecule has 1 aromatic rings. The van der Waals surface area contributed by atoms with Gasteiger partial charge in [-0.1, -0.05) is 0 Å². The van der Waals surface area contributed by atoms with Crippen LogP contribution in [0.5, 0.6) is 5.75 Å². The van der Waals surface area contributed by atoms with Crippen LogP contribution >= 0.6 is 0 Å². The van der Waals surface area contributed by atoms with Crippen LogP contribution < -0.4 is 4.74 Å². The summed E-state index contributed by atoms with van der Waals surface area (Å²) in [6.07, 6.45) is -2.02. The second kappa shape index (κ2) is 6.27. The lowest BCUT2D eigenvalue weighted by molar-refractivity contribution is 0.0784. The van der Waals surface area contributed by atoms with Crippen LogP contribution in [0.25, 0.3) is 0 Å². The van der Waals surface area contributed by atoms with Gasteiger partial charge in [0, 0.05) is 6.54 Å². The first-order valence-electron chi connectivity index (χ1n) is 6.89. The van der Waals surface area contributed by atoms with Gasteiger partial charge in [0.25, 0.3) is 6.43 Å². The number of hydrogen-bond acceptors (Lipinski definition) is 3. The minimum atomic E-state index is -3.88. The molecule has 0 radical (unpaired) electrons. The molecule has 0 aliphatic carbocycles. The second-order valence-electron chi connectivity index (χ2n) is 5.30. The van der Waals surface area contributed by atoms with Crippen molar-refractivity contribution in [3.63, 3.8) is 0 Å². The summed E-state index contributed by atoms with van der Waals surface area (Å²) in [5, 5.41) is 0. The number of sulfonamides is 1. The minimum Gasteiger partial charge on any atom is -0.491 e. The Morgan fingerprint density at radius 2 is 1.86 bits per heavy atom. The van der Waals surface area contributed by atoms with Crippen LogP contribution in [0.2, 0.25) is 0 Å². The van der Waals surface area contributed by atoms with Crippen LogP contribution in [0.4, 0.5) is 8.78 Å². The van der Waals surface area contributed by atoms with Crippen molar-refractivity contribution in [2.75, 3.05) is 6.54 Å². The van der Waals surface area contributed by atoms with E-state index in [9.17, 15) is 17.2 Å². The molecule has 2 rings (SSSR count). The van der Waals surface area contributed by atoms with Gasteiger partial charge in [0.05, 0.1) is 17.0 Å². The molecule has 1 fully saturated rings. The van der Waals surface area contributed by atoms with Gasteiger partial charge in [0.15, 0.2) is 0 Å². The van der Waals surface area contributed by atoms with Gasteiger partial charge in [-0.05, 0) is 51.0 Å². The molecule has 0 aromatic heterocycles. The summed E-state index contributed by atoms with van der Waals surface area (Å²) >= 11 is 0. The van der Waals surface area contributed by atoms with E-state index in [-0.39, 0.29) is 24.0 Å². The second-order valence-corrected chi connectivity index (χ2v) is 7.19. The molecular formula is C14H19F2NO3S. The summed E-state index contributed by atoms with van der Waals surface area (Å²) in [6, 6.07) is 4.66. The van der Waals surface area contributed by atoms with Gasteiger partial charge in [-0.25, -0.2) is 17.2 Å². The zero-order valence-corrected chi connectivity index (χ0v) is 12.8. The number of ether oxygens (including phenoxy) is 1. The van der Waals surface area contributed by atoms with Crippen LogP contribution in [0, 0.1) is 0 Å². The third-order valence-corrected chi connectivity index (χ3v) is 5.28. The predicted octanol–water partition coefficient (Wildman–Crippen LogP) is 2.89. The molecule has 1 aliphatic heterocycles. The molecule has 0 bridgehead atoms. The van der Waals surface area contributed by atoms with E-state index in [0.717, 1.165) is 4.31 Å². The standard InChI is InChI=1S/C14H19F2NO3S/c1-10(2)20-11-5-7-12(8-6-11)21(18,19)17-9-3-4-13(17)14(15)16/h5-8,10,13-14H,3-4,9H2,1-2H3. The predicted molar refractivity (Wildman–Crippen MR) is 75.1 cm³/mol. The number of alkyl halides is 2. The maximum Gasteiger partial charge on any atom is 0.255 e. The first kappa shape index (κ1) is 16.2. The molecule has 0 saturated carbocycles. The molecule has 21 heavy (non-hydrogen) atoms. The third kappa shape index (κ3) is 3.52. The topological polar surface area (TPSA) is 46.6 Å². The molecule has 1 unspecified atom stereocenters. The van der Waals surface area contributed by atoms with Crippen LogP contribution in [0.3, 0.4) is 0 Å². The van der Waals surface area contributed by atoms with E-state index >= 15 is 0 Å². The van der Waals surface area contributed by atoms with Crippen LogP contribution in [0.15, 0.2) is 29.2 Å². The number of halogens is 2. The van der Waals surface area contributed by atoms with Gasteiger partial charge in [0.1, 0.15) is 5.75 Å². The molecule has 4 nitrogen and oxygen atoms in total.